The number of anilines is 1. The van der Waals surface area contributed by atoms with Gasteiger partial charge in [0, 0.05) is 12.4 Å². The van der Waals surface area contributed by atoms with Gasteiger partial charge in [-0.3, -0.25) is 14.5 Å². The number of aromatic nitrogens is 1. The normalized spacial score (nSPS) is 20.5. The topological polar surface area (TPSA) is 70.5 Å². The number of rotatable bonds is 4. The zero-order chi connectivity index (χ0) is 15.9. The Hall–Kier alpha value is -1.44. The molecule has 0 bridgehead atoms. The smallest absolute Gasteiger partial charge is 0.307 e. The molecule has 2 aromatic heterocycles. The summed E-state index contributed by atoms with van der Waals surface area (Å²) >= 11 is 8.71. The van der Waals surface area contributed by atoms with Gasteiger partial charge in [0.1, 0.15) is 0 Å². The van der Waals surface area contributed by atoms with Crippen LogP contribution < -0.4 is 4.90 Å². The molecular formula is C14H13ClN2O3S2. The zero-order valence-electron chi connectivity index (χ0n) is 11.7. The number of thiazole rings is 1. The van der Waals surface area contributed by atoms with E-state index >= 15 is 0 Å². The van der Waals surface area contributed by atoms with Crippen molar-refractivity contribution >= 4 is 51.3 Å². The largest absolute Gasteiger partial charge is 0.481 e. The molecule has 1 aliphatic rings. The van der Waals surface area contributed by atoms with Crippen LogP contribution >= 0.6 is 34.3 Å². The molecule has 0 saturated heterocycles. The summed E-state index contributed by atoms with van der Waals surface area (Å²) in [7, 11) is 1.64. The number of hydrogen-bond donors (Lipinski definition) is 1. The maximum absolute atomic E-state index is 12.4. The molecule has 2 heterocycles. The fraction of sp³-hybridized carbons (Fsp3) is 0.357. The van der Waals surface area contributed by atoms with Crippen LogP contribution in [0.5, 0.6) is 0 Å². The Bertz CT molecular complexity index is 727. The van der Waals surface area contributed by atoms with Crippen LogP contribution in [0.1, 0.15) is 12.8 Å². The fourth-order valence-corrected chi connectivity index (χ4v) is 4.29. The summed E-state index contributed by atoms with van der Waals surface area (Å²) in [6, 6.07) is 3.70. The van der Waals surface area contributed by atoms with E-state index in [-0.39, 0.29) is 5.91 Å². The molecule has 0 aliphatic heterocycles. The summed E-state index contributed by atoms with van der Waals surface area (Å²) < 4.78 is 0.688. The highest BCUT2D eigenvalue weighted by Crippen LogP contribution is 2.38. The Morgan fingerprint density at radius 2 is 2.09 bits per heavy atom. The highest BCUT2D eigenvalue weighted by molar-refractivity contribution is 7.20. The third-order valence-electron chi connectivity index (χ3n) is 3.84. The van der Waals surface area contributed by atoms with E-state index in [1.165, 1.54) is 27.6 Å². The Morgan fingerprint density at radius 3 is 2.64 bits per heavy atom. The molecule has 2 aromatic rings. The van der Waals surface area contributed by atoms with E-state index in [2.05, 4.69) is 4.98 Å². The predicted molar refractivity (Wildman–Crippen MR) is 87.7 cm³/mol. The van der Waals surface area contributed by atoms with E-state index in [4.69, 9.17) is 16.7 Å². The van der Waals surface area contributed by atoms with Crippen LogP contribution in [-0.4, -0.2) is 29.0 Å². The molecule has 1 amide bonds. The molecule has 1 fully saturated rings. The van der Waals surface area contributed by atoms with Crippen molar-refractivity contribution in [3.8, 4) is 10.6 Å². The van der Waals surface area contributed by atoms with Gasteiger partial charge in [-0.15, -0.1) is 22.7 Å². The molecule has 2 atom stereocenters. The average molecular weight is 357 g/mol. The highest BCUT2D eigenvalue weighted by Gasteiger charge is 2.43. The van der Waals surface area contributed by atoms with E-state index < -0.39 is 17.8 Å². The summed E-state index contributed by atoms with van der Waals surface area (Å²) in [6.07, 6.45) is 1.19. The van der Waals surface area contributed by atoms with Gasteiger partial charge in [0.15, 0.2) is 5.13 Å². The number of amides is 1. The lowest BCUT2D eigenvalue weighted by molar-refractivity contribution is -0.151. The molecule has 116 valence electrons. The fourth-order valence-electron chi connectivity index (χ4n) is 2.42. The second-order valence-electron chi connectivity index (χ2n) is 5.14. The van der Waals surface area contributed by atoms with Gasteiger partial charge >= 0.3 is 5.97 Å². The maximum atomic E-state index is 12.4. The second kappa shape index (κ2) is 5.98. The number of halogens is 1. The van der Waals surface area contributed by atoms with Crippen LogP contribution in [0.25, 0.3) is 10.6 Å². The number of aliphatic carboxylic acids is 1. The van der Waals surface area contributed by atoms with Gasteiger partial charge in [-0.05, 0) is 25.0 Å². The minimum Gasteiger partial charge on any atom is -0.481 e. The third-order valence-corrected chi connectivity index (χ3v) is 6.01. The van der Waals surface area contributed by atoms with Crippen LogP contribution in [0.4, 0.5) is 5.13 Å². The van der Waals surface area contributed by atoms with Gasteiger partial charge in [-0.2, -0.15) is 0 Å². The van der Waals surface area contributed by atoms with Gasteiger partial charge in [0.05, 0.1) is 26.7 Å². The number of carbonyl (C=O) groups excluding carboxylic acids is 1. The van der Waals surface area contributed by atoms with Crippen molar-refractivity contribution < 1.29 is 14.7 Å². The summed E-state index contributed by atoms with van der Waals surface area (Å²) in [4.78, 5) is 30.3. The van der Waals surface area contributed by atoms with Crippen LogP contribution in [-0.2, 0) is 9.59 Å². The van der Waals surface area contributed by atoms with Gasteiger partial charge < -0.3 is 5.11 Å². The molecule has 5 nitrogen and oxygen atoms in total. The van der Waals surface area contributed by atoms with Crippen molar-refractivity contribution in [2.75, 3.05) is 11.9 Å². The van der Waals surface area contributed by atoms with Crippen molar-refractivity contribution in [2.24, 2.45) is 11.8 Å². The summed E-state index contributed by atoms with van der Waals surface area (Å²) in [5, 5.41) is 11.5. The molecule has 0 radical (unpaired) electrons. The van der Waals surface area contributed by atoms with Crippen molar-refractivity contribution in [1.82, 2.24) is 4.98 Å². The molecule has 1 aliphatic carbocycles. The highest BCUT2D eigenvalue weighted by atomic mass is 35.5. The van der Waals surface area contributed by atoms with Crippen molar-refractivity contribution in [2.45, 2.75) is 12.8 Å². The first kappa shape index (κ1) is 15.5. The van der Waals surface area contributed by atoms with Crippen molar-refractivity contribution in [3.05, 3.63) is 21.8 Å². The Morgan fingerprint density at radius 1 is 1.36 bits per heavy atom. The van der Waals surface area contributed by atoms with Crippen LogP contribution in [0, 0.1) is 11.8 Å². The first-order valence-electron chi connectivity index (χ1n) is 6.69. The molecule has 1 N–H and O–H groups in total. The predicted octanol–water partition coefficient (Wildman–Crippen LogP) is 3.60. The van der Waals surface area contributed by atoms with E-state index in [9.17, 15) is 9.59 Å². The lowest BCUT2D eigenvalue weighted by Crippen LogP contribution is -2.44. The summed E-state index contributed by atoms with van der Waals surface area (Å²) in [5.41, 5.74) is 0.778. The summed E-state index contributed by atoms with van der Waals surface area (Å²) in [6.45, 7) is 0. The molecule has 1 saturated carbocycles. The minimum absolute atomic E-state index is 0.177. The van der Waals surface area contributed by atoms with Gasteiger partial charge in [-0.1, -0.05) is 11.6 Å². The molecule has 0 spiro atoms. The number of carboxylic acid groups (broad SMARTS) is 1. The van der Waals surface area contributed by atoms with E-state index in [1.54, 1.807) is 13.1 Å². The lowest BCUT2D eigenvalue weighted by Gasteiger charge is -2.34. The van der Waals surface area contributed by atoms with E-state index in [1.807, 2.05) is 11.4 Å². The second-order valence-corrected chi connectivity index (χ2v) is 7.70. The molecule has 3 rings (SSSR count). The van der Waals surface area contributed by atoms with Gasteiger partial charge in [0.2, 0.25) is 5.91 Å². The quantitative estimate of drug-likeness (QED) is 0.908. The molecule has 8 heteroatoms. The average Bonchev–Trinajstić information content (AvgIpc) is 3.04. The Balaban J connectivity index is 1.75. The number of thiophene rings is 1. The molecule has 0 aromatic carbocycles. The van der Waals surface area contributed by atoms with Crippen molar-refractivity contribution in [3.63, 3.8) is 0 Å². The Labute approximate surface area is 140 Å². The van der Waals surface area contributed by atoms with Crippen molar-refractivity contribution in [1.29, 1.82) is 0 Å². The molecule has 22 heavy (non-hydrogen) atoms. The zero-order valence-corrected chi connectivity index (χ0v) is 14.0. The van der Waals surface area contributed by atoms with E-state index in [0.29, 0.717) is 22.3 Å². The molecule has 0 unspecified atom stereocenters. The summed E-state index contributed by atoms with van der Waals surface area (Å²) in [5.74, 6) is -2.08. The lowest BCUT2D eigenvalue weighted by atomic mass is 9.73. The standard InChI is InChI=1S/C14H13ClN2O3S2/c1-17(12(18)7-2-3-8(7)13(19)20)14-16-9(6-21-14)10-4-5-11(15)22-10/h4-8H,2-3H2,1H3,(H,19,20)/t7-,8-/m1/s1. The number of nitrogens with zero attached hydrogens (tertiary/aromatic N) is 2. The maximum Gasteiger partial charge on any atom is 0.307 e. The van der Waals surface area contributed by atoms with Gasteiger partial charge in [-0.25, -0.2) is 4.98 Å². The number of carbonyl (C=O) groups is 2. The molecular weight excluding hydrogens is 344 g/mol. The van der Waals surface area contributed by atoms with Gasteiger partial charge in [0.25, 0.3) is 0 Å². The number of hydrogen-bond acceptors (Lipinski definition) is 5. The van der Waals surface area contributed by atoms with Crippen LogP contribution in [0.2, 0.25) is 4.34 Å². The van der Waals surface area contributed by atoms with E-state index in [0.717, 1.165) is 10.6 Å². The van der Waals surface area contributed by atoms with Crippen LogP contribution in [0.15, 0.2) is 17.5 Å². The third kappa shape index (κ3) is 2.76. The number of carboxylic acids is 1. The Kier molecular flexibility index (Phi) is 4.20. The SMILES string of the molecule is CN(C(=O)[C@@H]1CC[C@H]1C(=O)O)c1nc(-c2ccc(Cl)s2)cs1. The first-order valence-corrected chi connectivity index (χ1v) is 8.76. The first-order chi connectivity index (χ1) is 10.5. The monoisotopic (exact) mass is 356 g/mol. The van der Waals surface area contributed by atoms with Crippen LogP contribution in [0.3, 0.4) is 0 Å². The minimum atomic E-state index is -0.897.